The molecule has 3 rings (SSSR count). The number of anilines is 1. The Morgan fingerprint density at radius 1 is 0.704 bits per heavy atom. The Morgan fingerprint density at radius 2 is 1.15 bits per heavy atom. The Hall–Kier alpha value is -1.43. The molecule has 3 aromatic rings. The van der Waals surface area contributed by atoms with Gasteiger partial charge in [0, 0.05) is 8.04 Å². The van der Waals surface area contributed by atoms with Gasteiger partial charge in [0.1, 0.15) is 0 Å². The fraction of sp³-hybridized carbons (Fsp3) is 0. The molecule has 0 unspecified atom stereocenters. The van der Waals surface area contributed by atoms with Crippen LogP contribution in [0.4, 0.5) is 5.69 Å². The zero-order valence-corrected chi connectivity index (χ0v) is 19.0. The molecule has 140 valence electrons. The molecular weight excluding hydrogens is 565 g/mol. The topological polar surface area (TPSA) is 71.5 Å². The molecular formula is C18H13BrINO4S2. The van der Waals surface area contributed by atoms with Gasteiger partial charge in [-0.25, -0.2) is 16.8 Å². The van der Waals surface area contributed by atoms with E-state index in [1.807, 2.05) is 22.6 Å². The van der Waals surface area contributed by atoms with Crippen molar-refractivity contribution in [3.63, 3.8) is 0 Å². The summed E-state index contributed by atoms with van der Waals surface area (Å²) in [4.78, 5) is -0.216. The second-order valence-corrected chi connectivity index (χ2v) is 11.3. The average Bonchev–Trinajstić information content (AvgIpc) is 2.65. The molecule has 0 saturated heterocycles. The monoisotopic (exact) mass is 577 g/mol. The van der Waals surface area contributed by atoms with Crippen LogP contribution in [0.15, 0.2) is 93.1 Å². The molecule has 0 aliphatic heterocycles. The SMILES string of the molecule is O=S(=O)(c1ccccc1)N(c1ccc(Br)cc1I)S(=O)(=O)c1ccccc1. The summed E-state index contributed by atoms with van der Waals surface area (Å²) in [6.07, 6.45) is 0. The number of nitrogens with zero attached hydrogens (tertiary/aromatic N) is 1. The van der Waals surface area contributed by atoms with E-state index in [0.29, 0.717) is 11.8 Å². The van der Waals surface area contributed by atoms with E-state index in [2.05, 4.69) is 15.9 Å². The van der Waals surface area contributed by atoms with Gasteiger partial charge in [0.15, 0.2) is 0 Å². The maximum Gasteiger partial charge on any atom is 0.277 e. The van der Waals surface area contributed by atoms with Crippen molar-refractivity contribution >= 4 is 64.3 Å². The predicted octanol–water partition coefficient (Wildman–Crippen LogP) is 4.64. The van der Waals surface area contributed by atoms with E-state index in [4.69, 9.17) is 0 Å². The highest BCUT2D eigenvalue weighted by Crippen LogP contribution is 2.35. The zero-order chi connectivity index (χ0) is 19.7. The first-order valence-corrected chi connectivity index (χ1v) is 12.4. The lowest BCUT2D eigenvalue weighted by Gasteiger charge is -2.25. The Labute approximate surface area is 180 Å². The normalized spacial score (nSPS) is 11.9. The van der Waals surface area contributed by atoms with E-state index < -0.39 is 20.0 Å². The van der Waals surface area contributed by atoms with Crippen LogP contribution in [0.3, 0.4) is 0 Å². The van der Waals surface area contributed by atoms with Crippen LogP contribution in [-0.2, 0) is 20.0 Å². The number of benzene rings is 3. The predicted molar refractivity (Wildman–Crippen MR) is 117 cm³/mol. The van der Waals surface area contributed by atoms with Crippen molar-refractivity contribution in [1.82, 2.24) is 0 Å². The molecule has 0 radical (unpaired) electrons. The highest BCUT2D eigenvalue weighted by Gasteiger charge is 2.37. The van der Waals surface area contributed by atoms with E-state index in [1.165, 1.54) is 30.3 Å². The Bertz CT molecular complexity index is 1100. The van der Waals surface area contributed by atoms with Gasteiger partial charge in [-0.05, 0) is 65.1 Å². The summed E-state index contributed by atoms with van der Waals surface area (Å²) in [5.41, 5.74) is 0.0616. The van der Waals surface area contributed by atoms with Crippen molar-refractivity contribution in [2.24, 2.45) is 0 Å². The van der Waals surface area contributed by atoms with E-state index >= 15 is 0 Å². The third-order valence-corrected chi connectivity index (χ3v) is 9.16. The van der Waals surface area contributed by atoms with Gasteiger partial charge in [-0.2, -0.15) is 3.71 Å². The molecule has 0 spiro atoms. The molecule has 0 N–H and O–H groups in total. The van der Waals surface area contributed by atoms with Crippen LogP contribution < -0.4 is 3.71 Å². The lowest BCUT2D eigenvalue weighted by atomic mass is 10.3. The molecule has 0 saturated carbocycles. The Balaban J connectivity index is 2.31. The van der Waals surface area contributed by atoms with E-state index in [-0.39, 0.29) is 15.5 Å². The fourth-order valence-corrected chi connectivity index (χ4v) is 8.04. The summed E-state index contributed by atoms with van der Waals surface area (Å²) in [5.74, 6) is 0. The molecule has 0 fully saturated rings. The maximum atomic E-state index is 13.3. The Morgan fingerprint density at radius 3 is 1.56 bits per heavy atom. The smallest absolute Gasteiger partial charge is 0.200 e. The molecule has 0 atom stereocenters. The number of halogens is 2. The Kier molecular flexibility index (Phi) is 5.94. The van der Waals surface area contributed by atoms with Gasteiger partial charge in [0.25, 0.3) is 20.0 Å². The van der Waals surface area contributed by atoms with E-state index in [1.54, 1.807) is 48.5 Å². The molecule has 0 aliphatic rings. The minimum Gasteiger partial charge on any atom is -0.200 e. The maximum absolute atomic E-state index is 13.3. The molecule has 5 nitrogen and oxygen atoms in total. The fourth-order valence-electron chi connectivity index (χ4n) is 2.39. The quantitative estimate of drug-likeness (QED) is 0.414. The summed E-state index contributed by atoms with van der Waals surface area (Å²) in [7, 11) is -8.74. The van der Waals surface area contributed by atoms with Crippen LogP contribution in [0, 0.1) is 3.57 Å². The van der Waals surface area contributed by atoms with Crippen LogP contribution >= 0.6 is 38.5 Å². The molecule has 0 heterocycles. The summed E-state index contributed by atoms with van der Waals surface area (Å²) in [5, 5.41) is 0. The first kappa shape index (κ1) is 20.3. The molecule has 0 bridgehead atoms. The molecule has 0 aliphatic carbocycles. The molecule has 3 aromatic carbocycles. The molecule has 9 heteroatoms. The van der Waals surface area contributed by atoms with Crippen molar-refractivity contribution in [1.29, 1.82) is 0 Å². The van der Waals surface area contributed by atoms with Crippen molar-refractivity contribution in [3.05, 3.63) is 86.9 Å². The molecule has 0 amide bonds. The van der Waals surface area contributed by atoms with Gasteiger partial charge in [0.2, 0.25) is 0 Å². The van der Waals surface area contributed by atoms with Crippen LogP contribution in [0.2, 0.25) is 0 Å². The summed E-state index contributed by atoms with van der Waals surface area (Å²) in [6, 6.07) is 19.7. The zero-order valence-electron chi connectivity index (χ0n) is 13.7. The van der Waals surface area contributed by atoms with Crippen molar-refractivity contribution in [2.75, 3.05) is 3.71 Å². The number of hydrogen-bond donors (Lipinski definition) is 0. The third-order valence-electron chi connectivity index (χ3n) is 3.63. The first-order chi connectivity index (χ1) is 12.7. The highest BCUT2D eigenvalue weighted by atomic mass is 127. The lowest BCUT2D eigenvalue weighted by Crippen LogP contribution is -2.37. The summed E-state index contributed by atoms with van der Waals surface area (Å²) < 4.78 is 55.0. The summed E-state index contributed by atoms with van der Waals surface area (Å²) >= 11 is 5.23. The van der Waals surface area contributed by atoms with Crippen LogP contribution in [0.25, 0.3) is 0 Å². The van der Waals surface area contributed by atoms with E-state index in [0.717, 1.165) is 0 Å². The van der Waals surface area contributed by atoms with Crippen LogP contribution in [-0.4, -0.2) is 16.8 Å². The first-order valence-electron chi connectivity index (χ1n) is 7.60. The molecule has 27 heavy (non-hydrogen) atoms. The van der Waals surface area contributed by atoms with Gasteiger partial charge in [-0.3, -0.25) is 0 Å². The van der Waals surface area contributed by atoms with Gasteiger partial charge in [-0.15, -0.1) is 0 Å². The van der Waals surface area contributed by atoms with Crippen LogP contribution in [0.5, 0.6) is 0 Å². The van der Waals surface area contributed by atoms with Gasteiger partial charge >= 0.3 is 0 Å². The second-order valence-electron chi connectivity index (χ2n) is 5.43. The number of sulfonamides is 2. The van der Waals surface area contributed by atoms with Crippen molar-refractivity contribution in [2.45, 2.75) is 9.79 Å². The van der Waals surface area contributed by atoms with Gasteiger partial charge in [0.05, 0.1) is 15.5 Å². The average molecular weight is 578 g/mol. The lowest BCUT2D eigenvalue weighted by molar-refractivity contribution is 0.584. The minimum atomic E-state index is -4.37. The largest absolute Gasteiger partial charge is 0.277 e. The number of hydrogen-bond acceptors (Lipinski definition) is 4. The van der Waals surface area contributed by atoms with Gasteiger partial charge < -0.3 is 0 Å². The third kappa shape index (κ3) is 4.05. The highest BCUT2D eigenvalue weighted by molar-refractivity contribution is 14.1. The standard InChI is InChI=1S/C18H13BrINO4S2/c19-14-11-12-18(17(20)13-14)21(26(22,23)15-7-3-1-4-8-15)27(24,25)16-9-5-2-6-10-16/h1-13H. The van der Waals surface area contributed by atoms with Crippen molar-refractivity contribution < 1.29 is 16.8 Å². The van der Waals surface area contributed by atoms with E-state index in [9.17, 15) is 16.8 Å². The molecule has 0 aromatic heterocycles. The van der Waals surface area contributed by atoms with Gasteiger partial charge in [-0.1, -0.05) is 52.3 Å². The van der Waals surface area contributed by atoms with Crippen molar-refractivity contribution in [3.8, 4) is 0 Å². The second kappa shape index (κ2) is 7.90. The minimum absolute atomic E-state index is 0.0616. The number of rotatable bonds is 5. The van der Waals surface area contributed by atoms with Crippen LogP contribution in [0.1, 0.15) is 0 Å². The summed E-state index contributed by atoms with van der Waals surface area (Å²) in [6.45, 7) is 0.